The number of methoxy groups -OCH3 is 4. The molecule has 1 saturated heterocycles. The number of halogens is 2. The van der Waals surface area contributed by atoms with Gasteiger partial charge in [-0.15, -0.1) is 0 Å². The number of hydrogen-bond acceptors (Lipinski definition) is 9. The Bertz CT molecular complexity index is 1920. The molecule has 1 unspecified atom stereocenters. The van der Waals surface area contributed by atoms with E-state index in [1.165, 1.54) is 0 Å². The molecule has 0 N–H and O–H groups in total. The highest BCUT2D eigenvalue weighted by atomic mass is 79.9. The van der Waals surface area contributed by atoms with Gasteiger partial charge in [0.05, 0.1) is 61.5 Å². The zero-order chi connectivity index (χ0) is 39.3. The van der Waals surface area contributed by atoms with Crippen molar-refractivity contribution in [1.82, 2.24) is 0 Å². The molecular weight excluding hydrogens is 800 g/mol. The Hall–Kier alpha value is -4.13. The molecule has 1 aliphatic heterocycles. The molecule has 56 heavy (non-hydrogen) atoms. The SMILES string of the molecule is COc1ccc(COCC2O[C@@H](c3ccc(Cl)c(CBr)c3)[C@@H](OCc3ccc(OC)cc3)[C@@H](OCc3ccc(OC)cc3)[C@@H]2OCc2ccc(OC)cc2)cc1. The van der Waals surface area contributed by atoms with Crippen LogP contribution in [0, 0.1) is 0 Å². The van der Waals surface area contributed by atoms with Crippen LogP contribution in [0.2, 0.25) is 5.02 Å². The van der Waals surface area contributed by atoms with Crippen molar-refractivity contribution in [3.8, 4) is 23.0 Å². The lowest BCUT2D eigenvalue weighted by Gasteiger charge is -2.46. The molecule has 0 amide bonds. The lowest BCUT2D eigenvalue weighted by molar-refractivity contribution is -0.275. The topological polar surface area (TPSA) is 83.1 Å². The minimum Gasteiger partial charge on any atom is -0.497 e. The molecule has 0 radical (unpaired) electrons. The highest BCUT2D eigenvalue weighted by molar-refractivity contribution is 9.08. The number of hydrogen-bond donors (Lipinski definition) is 0. The Morgan fingerprint density at radius 3 is 1.36 bits per heavy atom. The van der Waals surface area contributed by atoms with E-state index < -0.39 is 30.5 Å². The number of ether oxygens (including phenoxy) is 9. The standard InChI is InChI=1S/C45H48BrClO9/c1-48-36-14-5-30(6-15-36)25-52-29-41-43(53-26-31-7-16-37(49-2)17-8-31)45(55-28-33-11-20-39(51-4)21-12-33)44(54-27-32-9-18-38(50-3)19-10-32)42(56-41)34-13-22-40(47)35(23-34)24-46/h5-23,41-45H,24-29H2,1-4H3/t41?,42-,43+,44+,45-/m0/s1. The van der Waals surface area contributed by atoms with Crippen molar-refractivity contribution in [2.75, 3.05) is 35.0 Å². The minimum atomic E-state index is -0.613. The molecule has 1 aliphatic rings. The Kier molecular flexibility index (Phi) is 15.5. The number of rotatable bonds is 19. The van der Waals surface area contributed by atoms with Gasteiger partial charge in [-0.05, 0) is 88.0 Å². The average molecular weight is 848 g/mol. The molecule has 0 aromatic heterocycles. The largest absolute Gasteiger partial charge is 0.497 e. The van der Waals surface area contributed by atoms with Crippen LogP contribution in [0.3, 0.4) is 0 Å². The van der Waals surface area contributed by atoms with Crippen molar-refractivity contribution in [3.63, 3.8) is 0 Å². The van der Waals surface area contributed by atoms with Crippen LogP contribution < -0.4 is 18.9 Å². The predicted octanol–water partition coefficient (Wildman–Crippen LogP) is 9.68. The summed E-state index contributed by atoms with van der Waals surface area (Å²) in [5.41, 5.74) is 5.74. The second-order valence-corrected chi connectivity index (χ2v) is 14.3. The summed E-state index contributed by atoms with van der Waals surface area (Å²) in [4.78, 5) is 0. The first kappa shape index (κ1) is 41.5. The summed E-state index contributed by atoms with van der Waals surface area (Å²) in [7, 11) is 6.60. The van der Waals surface area contributed by atoms with Crippen LogP contribution >= 0.6 is 27.5 Å². The van der Waals surface area contributed by atoms with Gasteiger partial charge in [-0.2, -0.15) is 0 Å². The van der Waals surface area contributed by atoms with Gasteiger partial charge in [-0.25, -0.2) is 0 Å². The Labute approximate surface area is 342 Å². The van der Waals surface area contributed by atoms with Gasteiger partial charge in [0.25, 0.3) is 0 Å². The van der Waals surface area contributed by atoms with Crippen molar-refractivity contribution < 1.29 is 42.6 Å². The summed E-state index contributed by atoms with van der Waals surface area (Å²) in [6.45, 7) is 1.46. The average Bonchev–Trinajstić information content (AvgIpc) is 3.25. The third kappa shape index (κ3) is 11.0. The zero-order valence-corrected chi connectivity index (χ0v) is 34.4. The monoisotopic (exact) mass is 846 g/mol. The van der Waals surface area contributed by atoms with Crippen LogP contribution in [0.5, 0.6) is 23.0 Å². The molecular formula is C45H48BrClO9. The molecule has 0 spiro atoms. The van der Waals surface area contributed by atoms with E-state index in [4.69, 9.17) is 54.2 Å². The molecule has 9 nitrogen and oxygen atoms in total. The summed E-state index contributed by atoms with van der Waals surface area (Å²) >= 11 is 10.2. The van der Waals surface area contributed by atoms with Crippen LogP contribution in [0.15, 0.2) is 115 Å². The second kappa shape index (κ2) is 20.9. The maximum absolute atomic E-state index is 7.08. The normalized spacial score (nSPS) is 19.4. The van der Waals surface area contributed by atoms with E-state index in [-0.39, 0.29) is 6.61 Å². The van der Waals surface area contributed by atoms with E-state index >= 15 is 0 Å². The molecule has 1 fully saturated rings. The quantitative estimate of drug-likeness (QED) is 0.0755. The molecule has 0 aliphatic carbocycles. The van der Waals surface area contributed by atoms with Crippen LogP contribution in [0.4, 0.5) is 0 Å². The highest BCUT2D eigenvalue weighted by Crippen LogP contribution is 2.40. The van der Waals surface area contributed by atoms with E-state index in [1.54, 1.807) is 28.4 Å². The summed E-state index contributed by atoms with van der Waals surface area (Å²) in [5, 5.41) is 1.23. The lowest BCUT2D eigenvalue weighted by atomic mass is 9.89. The lowest BCUT2D eigenvalue weighted by Crippen LogP contribution is -2.58. The third-order valence-electron chi connectivity index (χ3n) is 9.69. The molecule has 0 bridgehead atoms. The van der Waals surface area contributed by atoms with Crippen molar-refractivity contribution in [2.24, 2.45) is 0 Å². The van der Waals surface area contributed by atoms with Crippen LogP contribution in [0.25, 0.3) is 0 Å². The third-order valence-corrected chi connectivity index (χ3v) is 10.7. The van der Waals surface area contributed by atoms with Crippen LogP contribution in [-0.4, -0.2) is 59.5 Å². The summed E-state index contributed by atoms with van der Waals surface area (Å²) in [6, 6.07) is 37.2. The molecule has 5 aromatic carbocycles. The molecule has 5 aromatic rings. The fourth-order valence-corrected chi connectivity index (χ4v) is 7.33. The van der Waals surface area contributed by atoms with Crippen LogP contribution in [-0.2, 0) is 55.4 Å². The predicted molar refractivity (Wildman–Crippen MR) is 219 cm³/mol. The molecule has 11 heteroatoms. The first-order valence-electron chi connectivity index (χ1n) is 18.3. The van der Waals surface area contributed by atoms with E-state index in [2.05, 4.69) is 22.0 Å². The smallest absolute Gasteiger partial charge is 0.118 e. The Balaban J connectivity index is 1.37. The van der Waals surface area contributed by atoms with E-state index in [0.29, 0.717) is 36.8 Å². The zero-order valence-electron chi connectivity index (χ0n) is 32.0. The van der Waals surface area contributed by atoms with Gasteiger partial charge in [-0.1, -0.05) is 88.2 Å². The summed E-state index contributed by atoms with van der Waals surface area (Å²) in [5.74, 6) is 3.07. The molecule has 1 heterocycles. The summed E-state index contributed by atoms with van der Waals surface area (Å²) < 4.78 is 55.8. The fraction of sp³-hybridized carbons (Fsp3) is 0.333. The summed E-state index contributed by atoms with van der Waals surface area (Å²) in [6.07, 6.45) is -2.95. The van der Waals surface area contributed by atoms with Crippen molar-refractivity contribution in [3.05, 3.63) is 154 Å². The Morgan fingerprint density at radius 1 is 0.518 bits per heavy atom. The van der Waals surface area contributed by atoms with Crippen molar-refractivity contribution >= 4 is 27.5 Å². The minimum absolute atomic E-state index is 0.224. The molecule has 5 atom stereocenters. The van der Waals surface area contributed by atoms with Gasteiger partial charge in [-0.3, -0.25) is 0 Å². The maximum Gasteiger partial charge on any atom is 0.118 e. The molecule has 296 valence electrons. The van der Waals surface area contributed by atoms with Gasteiger partial charge in [0.2, 0.25) is 0 Å². The van der Waals surface area contributed by atoms with Gasteiger partial charge in [0, 0.05) is 10.4 Å². The van der Waals surface area contributed by atoms with Crippen molar-refractivity contribution in [2.45, 2.75) is 62.3 Å². The van der Waals surface area contributed by atoms with Gasteiger partial charge >= 0.3 is 0 Å². The van der Waals surface area contributed by atoms with E-state index in [1.807, 2.05) is 109 Å². The number of benzene rings is 5. The first-order valence-corrected chi connectivity index (χ1v) is 19.8. The van der Waals surface area contributed by atoms with E-state index in [0.717, 1.165) is 56.4 Å². The second-order valence-electron chi connectivity index (χ2n) is 13.3. The van der Waals surface area contributed by atoms with Crippen LogP contribution in [0.1, 0.15) is 39.5 Å². The molecule has 6 rings (SSSR count). The number of alkyl halides is 1. The molecule has 0 saturated carbocycles. The van der Waals surface area contributed by atoms with Crippen molar-refractivity contribution in [1.29, 1.82) is 0 Å². The Morgan fingerprint density at radius 2 is 0.929 bits per heavy atom. The highest BCUT2D eigenvalue weighted by Gasteiger charge is 2.49. The fourth-order valence-electron chi connectivity index (χ4n) is 6.52. The maximum atomic E-state index is 7.08. The van der Waals surface area contributed by atoms with Gasteiger partial charge in [0.15, 0.2) is 0 Å². The first-order chi connectivity index (χ1) is 27.4. The van der Waals surface area contributed by atoms with Gasteiger partial charge in [0.1, 0.15) is 53.5 Å². The van der Waals surface area contributed by atoms with E-state index in [9.17, 15) is 0 Å². The van der Waals surface area contributed by atoms with Gasteiger partial charge < -0.3 is 42.6 Å².